The van der Waals surface area contributed by atoms with E-state index in [1.54, 1.807) is 0 Å². The van der Waals surface area contributed by atoms with Crippen LogP contribution in [-0.4, -0.2) is 38.0 Å². The van der Waals surface area contributed by atoms with Crippen molar-refractivity contribution >= 4 is 11.8 Å². The monoisotopic (exact) mass is 253 g/mol. The summed E-state index contributed by atoms with van der Waals surface area (Å²) in [5, 5.41) is 8.75. The minimum absolute atomic E-state index is 0.0511. The maximum absolute atomic E-state index is 11.8. The van der Waals surface area contributed by atoms with E-state index in [0.29, 0.717) is 12.5 Å². The van der Waals surface area contributed by atoms with Gasteiger partial charge < -0.3 is 16.0 Å². The van der Waals surface area contributed by atoms with E-state index in [0.717, 1.165) is 38.8 Å². The van der Waals surface area contributed by atoms with Gasteiger partial charge in [-0.05, 0) is 12.8 Å². The quantitative estimate of drug-likeness (QED) is 0.647. The molecule has 0 unspecified atom stereocenters. The fourth-order valence-electron chi connectivity index (χ4n) is 2.49. The lowest BCUT2D eigenvalue weighted by Crippen LogP contribution is -2.49. The van der Waals surface area contributed by atoms with Gasteiger partial charge >= 0.3 is 0 Å². The van der Waals surface area contributed by atoms with E-state index >= 15 is 0 Å². The largest absolute Gasteiger partial charge is 0.354 e. The lowest BCUT2D eigenvalue weighted by Gasteiger charge is -2.27. The minimum Gasteiger partial charge on any atom is -0.354 e. The number of rotatable bonds is 5. The van der Waals surface area contributed by atoms with Gasteiger partial charge in [-0.3, -0.25) is 9.59 Å². The van der Waals surface area contributed by atoms with Crippen LogP contribution in [0, 0.1) is 11.8 Å². The summed E-state index contributed by atoms with van der Waals surface area (Å²) in [6.45, 7) is 2.80. The maximum Gasteiger partial charge on any atom is 0.239 e. The topological polar surface area (TPSA) is 70.2 Å². The Kier molecular flexibility index (Phi) is 4.99. The molecule has 5 heteroatoms. The fourth-order valence-corrected chi connectivity index (χ4v) is 2.49. The number of carbonyl (C=O) groups excluding carboxylic acids is 2. The molecular weight excluding hydrogens is 230 g/mol. The molecule has 2 amide bonds. The predicted octanol–water partition coefficient (Wildman–Crippen LogP) is 0.0185. The minimum atomic E-state index is -0.0777. The van der Waals surface area contributed by atoms with Crippen molar-refractivity contribution in [2.75, 3.05) is 26.2 Å². The first kappa shape index (κ1) is 13.3. The summed E-state index contributed by atoms with van der Waals surface area (Å²) in [5.74, 6) is 0.659. The van der Waals surface area contributed by atoms with E-state index < -0.39 is 0 Å². The van der Waals surface area contributed by atoms with Crippen molar-refractivity contribution in [3.63, 3.8) is 0 Å². The normalized spacial score (nSPS) is 21.1. The molecule has 1 heterocycles. The van der Waals surface area contributed by atoms with E-state index in [-0.39, 0.29) is 24.3 Å². The first-order valence-corrected chi connectivity index (χ1v) is 7.01. The summed E-state index contributed by atoms with van der Waals surface area (Å²) in [5.41, 5.74) is 0. The molecule has 0 atom stereocenters. The SMILES string of the molecule is O=C(CNC(=O)C1CCCCC1)NCC1CNC1. The van der Waals surface area contributed by atoms with Gasteiger partial charge in [0, 0.05) is 31.5 Å². The Hall–Kier alpha value is -1.10. The van der Waals surface area contributed by atoms with Crippen LogP contribution >= 0.6 is 0 Å². The van der Waals surface area contributed by atoms with Gasteiger partial charge in [0.25, 0.3) is 0 Å². The molecule has 0 aromatic carbocycles. The average Bonchev–Trinajstić information content (AvgIpc) is 2.35. The first-order valence-electron chi connectivity index (χ1n) is 7.01. The van der Waals surface area contributed by atoms with Crippen molar-refractivity contribution in [2.45, 2.75) is 32.1 Å². The van der Waals surface area contributed by atoms with Crippen LogP contribution in [0.25, 0.3) is 0 Å². The zero-order valence-electron chi connectivity index (χ0n) is 10.8. The van der Waals surface area contributed by atoms with Crippen molar-refractivity contribution in [2.24, 2.45) is 11.8 Å². The van der Waals surface area contributed by atoms with Crippen molar-refractivity contribution in [1.29, 1.82) is 0 Å². The summed E-state index contributed by atoms with van der Waals surface area (Å²) < 4.78 is 0. The van der Waals surface area contributed by atoms with Crippen LogP contribution in [0.3, 0.4) is 0 Å². The fraction of sp³-hybridized carbons (Fsp3) is 0.846. The van der Waals surface area contributed by atoms with Crippen LogP contribution in [0.4, 0.5) is 0 Å². The summed E-state index contributed by atoms with van der Waals surface area (Å²) in [6.07, 6.45) is 5.46. The van der Waals surface area contributed by atoms with Crippen LogP contribution in [0.5, 0.6) is 0 Å². The molecular formula is C13H23N3O2. The third-order valence-corrected chi connectivity index (χ3v) is 3.85. The molecule has 3 N–H and O–H groups in total. The maximum atomic E-state index is 11.8. The molecule has 0 bridgehead atoms. The summed E-state index contributed by atoms with van der Waals surface area (Å²) in [7, 11) is 0. The Morgan fingerprint density at radius 2 is 1.78 bits per heavy atom. The van der Waals surface area contributed by atoms with Crippen molar-refractivity contribution in [1.82, 2.24) is 16.0 Å². The lowest BCUT2D eigenvalue weighted by molar-refractivity contribution is -0.129. The third-order valence-electron chi connectivity index (χ3n) is 3.85. The molecule has 0 aromatic heterocycles. The molecule has 1 saturated heterocycles. The number of hydrogen-bond acceptors (Lipinski definition) is 3. The highest BCUT2D eigenvalue weighted by Gasteiger charge is 2.21. The van der Waals surface area contributed by atoms with Gasteiger partial charge in [-0.25, -0.2) is 0 Å². The zero-order chi connectivity index (χ0) is 12.8. The standard InChI is InChI=1S/C13H23N3O2/c17-12(15-8-10-6-14-7-10)9-16-13(18)11-4-2-1-3-5-11/h10-11,14H,1-9H2,(H,15,17)(H,16,18). The number of nitrogens with one attached hydrogen (secondary N) is 3. The average molecular weight is 253 g/mol. The molecule has 0 radical (unpaired) electrons. The number of hydrogen-bond donors (Lipinski definition) is 3. The second-order valence-corrected chi connectivity index (χ2v) is 5.38. The molecule has 1 aliphatic heterocycles. The number of amides is 2. The van der Waals surface area contributed by atoms with E-state index in [4.69, 9.17) is 0 Å². The van der Waals surface area contributed by atoms with E-state index in [1.807, 2.05) is 0 Å². The predicted molar refractivity (Wildman–Crippen MR) is 69.0 cm³/mol. The van der Waals surface area contributed by atoms with Gasteiger partial charge in [-0.2, -0.15) is 0 Å². The van der Waals surface area contributed by atoms with Gasteiger partial charge in [0.1, 0.15) is 0 Å². The van der Waals surface area contributed by atoms with Gasteiger partial charge in [-0.15, -0.1) is 0 Å². The summed E-state index contributed by atoms with van der Waals surface area (Å²) >= 11 is 0. The summed E-state index contributed by atoms with van der Waals surface area (Å²) in [4.78, 5) is 23.3. The Labute approximate surface area is 108 Å². The Bertz CT molecular complexity index is 297. The van der Waals surface area contributed by atoms with E-state index in [2.05, 4.69) is 16.0 Å². The van der Waals surface area contributed by atoms with Crippen LogP contribution in [0.15, 0.2) is 0 Å². The number of carbonyl (C=O) groups is 2. The third kappa shape index (κ3) is 3.98. The molecule has 2 aliphatic rings. The second kappa shape index (κ2) is 6.73. The molecule has 5 nitrogen and oxygen atoms in total. The highest BCUT2D eigenvalue weighted by Crippen LogP contribution is 2.23. The van der Waals surface area contributed by atoms with Crippen LogP contribution in [0.2, 0.25) is 0 Å². The lowest BCUT2D eigenvalue weighted by atomic mass is 9.89. The van der Waals surface area contributed by atoms with Crippen LogP contribution in [0.1, 0.15) is 32.1 Å². The highest BCUT2D eigenvalue weighted by atomic mass is 16.2. The Morgan fingerprint density at radius 1 is 1.06 bits per heavy atom. The van der Waals surface area contributed by atoms with Crippen molar-refractivity contribution < 1.29 is 9.59 Å². The second-order valence-electron chi connectivity index (χ2n) is 5.38. The molecule has 1 aliphatic carbocycles. The van der Waals surface area contributed by atoms with Crippen LogP contribution in [-0.2, 0) is 9.59 Å². The Balaban J connectivity index is 1.57. The zero-order valence-corrected chi connectivity index (χ0v) is 10.8. The molecule has 0 aromatic rings. The molecule has 2 fully saturated rings. The van der Waals surface area contributed by atoms with Crippen molar-refractivity contribution in [3.8, 4) is 0 Å². The molecule has 18 heavy (non-hydrogen) atoms. The van der Waals surface area contributed by atoms with Crippen LogP contribution < -0.4 is 16.0 Å². The van der Waals surface area contributed by atoms with Gasteiger partial charge in [0.05, 0.1) is 6.54 Å². The first-order chi connectivity index (χ1) is 8.75. The smallest absolute Gasteiger partial charge is 0.239 e. The van der Waals surface area contributed by atoms with Gasteiger partial charge in [0.2, 0.25) is 11.8 Å². The summed E-state index contributed by atoms with van der Waals surface area (Å²) in [6, 6.07) is 0. The van der Waals surface area contributed by atoms with Gasteiger partial charge in [0.15, 0.2) is 0 Å². The molecule has 2 rings (SSSR count). The Morgan fingerprint density at radius 3 is 2.39 bits per heavy atom. The van der Waals surface area contributed by atoms with Gasteiger partial charge in [-0.1, -0.05) is 19.3 Å². The van der Waals surface area contributed by atoms with Crippen molar-refractivity contribution in [3.05, 3.63) is 0 Å². The molecule has 102 valence electrons. The van der Waals surface area contributed by atoms with E-state index in [1.165, 1.54) is 6.42 Å². The molecule has 1 saturated carbocycles. The van der Waals surface area contributed by atoms with E-state index in [9.17, 15) is 9.59 Å². The highest BCUT2D eigenvalue weighted by molar-refractivity contribution is 5.85. The molecule has 0 spiro atoms.